The van der Waals surface area contributed by atoms with E-state index in [0.717, 1.165) is 23.5 Å². The van der Waals surface area contributed by atoms with Gasteiger partial charge in [0.15, 0.2) is 0 Å². The van der Waals surface area contributed by atoms with Crippen molar-refractivity contribution in [1.82, 2.24) is 0 Å². The summed E-state index contributed by atoms with van der Waals surface area (Å²) < 4.78 is 48.1. The summed E-state index contributed by atoms with van der Waals surface area (Å²) in [5.41, 5.74) is 0.142. The van der Waals surface area contributed by atoms with Crippen molar-refractivity contribution in [2.24, 2.45) is 0 Å². The van der Waals surface area contributed by atoms with Gasteiger partial charge in [0, 0.05) is 27.2 Å². The average molecular weight is 295 g/mol. The predicted octanol–water partition coefficient (Wildman–Crippen LogP) is 3.62. The van der Waals surface area contributed by atoms with Crippen LogP contribution < -0.4 is 0 Å². The number of hydrogen-bond acceptors (Lipinski definition) is 3. The van der Waals surface area contributed by atoms with Gasteiger partial charge in [-0.1, -0.05) is 0 Å². The molecule has 1 aromatic heterocycles. The molecule has 90 valence electrons. The zero-order valence-corrected chi connectivity index (χ0v) is 10.5. The largest absolute Gasteiger partial charge is 0.270 e. The van der Waals surface area contributed by atoms with E-state index in [1.54, 1.807) is 0 Å². The van der Waals surface area contributed by atoms with Crippen molar-refractivity contribution in [3.8, 4) is 10.4 Å². The van der Waals surface area contributed by atoms with Gasteiger partial charge in [0.1, 0.15) is 15.8 Å². The Bertz CT molecular complexity index is 665. The molecule has 0 saturated carbocycles. The molecule has 2 aromatic rings. The summed E-state index contributed by atoms with van der Waals surface area (Å²) in [6, 6.07) is 5.80. The van der Waals surface area contributed by atoms with Gasteiger partial charge in [-0.3, -0.25) is 0 Å². The highest BCUT2D eigenvalue weighted by atomic mass is 35.7. The van der Waals surface area contributed by atoms with E-state index in [0.29, 0.717) is 4.88 Å². The van der Waals surface area contributed by atoms with E-state index in [9.17, 15) is 17.2 Å². The summed E-state index contributed by atoms with van der Waals surface area (Å²) >= 11 is 0.831. The second kappa shape index (κ2) is 4.36. The summed E-state index contributed by atoms with van der Waals surface area (Å²) in [6.45, 7) is 0. The van der Waals surface area contributed by atoms with Gasteiger partial charge in [-0.15, -0.1) is 11.3 Å². The molecule has 0 fully saturated rings. The molecule has 7 heteroatoms. The van der Waals surface area contributed by atoms with E-state index in [1.165, 1.54) is 18.2 Å². The molecule has 0 amide bonds. The summed E-state index contributed by atoms with van der Waals surface area (Å²) in [4.78, 5) is 0.377. The van der Waals surface area contributed by atoms with Crippen LogP contribution >= 0.6 is 22.0 Å². The standard InChI is InChI=1S/C10H5ClF2O2S2/c11-17(14,15)10-4-3-9(16-10)7-2-1-6(12)5-8(7)13/h1-5H. The first-order chi connectivity index (χ1) is 7.88. The number of thiophene rings is 1. The van der Waals surface area contributed by atoms with Crippen LogP contribution in [0.1, 0.15) is 0 Å². The third-order valence-corrected chi connectivity index (χ3v) is 5.23. The van der Waals surface area contributed by atoms with Crippen LogP contribution in [0.2, 0.25) is 0 Å². The molecule has 0 radical (unpaired) electrons. The Morgan fingerprint density at radius 1 is 1.12 bits per heavy atom. The Labute approximate surface area is 105 Å². The van der Waals surface area contributed by atoms with Crippen LogP contribution in [0.5, 0.6) is 0 Å². The predicted molar refractivity (Wildman–Crippen MR) is 62.7 cm³/mol. The number of halogens is 3. The van der Waals surface area contributed by atoms with Gasteiger partial charge in [-0.2, -0.15) is 0 Å². The highest BCUT2D eigenvalue weighted by Crippen LogP contribution is 2.33. The number of hydrogen-bond donors (Lipinski definition) is 0. The summed E-state index contributed by atoms with van der Waals surface area (Å²) in [5.74, 6) is -1.43. The molecule has 0 bridgehead atoms. The van der Waals surface area contributed by atoms with E-state index in [4.69, 9.17) is 10.7 Å². The maximum absolute atomic E-state index is 13.4. The summed E-state index contributed by atoms with van der Waals surface area (Å²) in [5, 5.41) is 0. The highest BCUT2D eigenvalue weighted by molar-refractivity contribution is 8.15. The maximum atomic E-state index is 13.4. The second-order valence-electron chi connectivity index (χ2n) is 3.18. The van der Waals surface area contributed by atoms with Gasteiger partial charge in [0.2, 0.25) is 0 Å². The topological polar surface area (TPSA) is 34.1 Å². The molecule has 1 aromatic carbocycles. The van der Waals surface area contributed by atoms with Crippen LogP contribution in [0.15, 0.2) is 34.5 Å². The van der Waals surface area contributed by atoms with Gasteiger partial charge in [0.25, 0.3) is 9.05 Å². The molecule has 0 atom stereocenters. The van der Waals surface area contributed by atoms with Gasteiger partial charge < -0.3 is 0 Å². The molecule has 0 spiro atoms. The molecule has 2 nitrogen and oxygen atoms in total. The second-order valence-corrected chi connectivity index (χ2v) is 7.06. The first-order valence-corrected chi connectivity index (χ1v) is 7.50. The van der Waals surface area contributed by atoms with E-state index in [2.05, 4.69) is 0 Å². The lowest BCUT2D eigenvalue weighted by atomic mass is 10.2. The van der Waals surface area contributed by atoms with Crippen LogP contribution in [0, 0.1) is 11.6 Å². The highest BCUT2D eigenvalue weighted by Gasteiger charge is 2.15. The van der Waals surface area contributed by atoms with Crippen molar-refractivity contribution in [1.29, 1.82) is 0 Å². The molecular formula is C10H5ClF2O2S2. The monoisotopic (exact) mass is 294 g/mol. The van der Waals surface area contributed by atoms with Crippen molar-refractivity contribution in [2.45, 2.75) is 4.21 Å². The summed E-state index contributed by atoms with van der Waals surface area (Å²) in [7, 11) is 1.34. The molecular weight excluding hydrogens is 290 g/mol. The van der Waals surface area contributed by atoms with Crippen LogP contribution in [0.3, 0.4) is 0 Å². The minimum Gasteiger partial charge on any atom is -0.207 e. The van der Waals surface area contributed by atoms with Crippen molar-refractivity contribution in [3.63, 3.8) is 0 Å². The SMILES string of the molecule is O=S(=O)(Cl)c1ccc(-c2ccc(F)cc2F)s1. The normalized spacial score (nSPS) is 11.7. The Balaban J connectivity index is 2.51. The molecule has 0 N–H and O–H groups in total. The minimum absolute atomic E-state index is 0.0714. The van der Waals surface area contributed by atoms with Crippen molar-refractivity contribution in [2.75, 3.05) is 0 Å². The fourth-order valence-corrected chi connectivity index (χ4v) is 3.39. The van der Waals surface area contributed by atoms with Crippen molar-refractivity contribution in [3.05, 3.63) is 42.0 Å². The van der Waals surface area contributed by atoms with Crippen molar-refractivity contribution >= 4 is 31.1 Å². The fourth-order valence-electron chi connectivity index (χ4n) is 1.29. The first-order valence-electron chi connectivity index (χ1n) is 4.38. The maximum Gasteiger partial charge on any atom is 0.270 e. The zero-order chi connectivity index (χ0) is 12.6. The molecule has 0 aliphatic rings. The smallest absolute Gasteiger partial charge is 0.207 e. The Kier molecular flexibility index (Phi) is 3.20. The van der Waals surface area contributed by atoms with Crippen molar-refractivity contribution < 1.29 is 17.2 Å². The lowest BCUT2D eigenvalue weighted by Gasteiger charge is -1.99. The van der Waals surface area contributed by atoms with Crippen LogP contribution in [-0.2, 0) is 9.05 Å². The molecule has 0 aliphatic carbocycles. The van der Waals surface area contributed by atoms with Gasteiger partial charge in [-0.05, 0) is 24.3 Å². The lowest BCUT2D eigenvalue weighted by Crippen LogP contribution is -1.84. The molecule has 17 heavy (non-hydrogen) atoms. The van der Waals surface area contributed by atoms with E-state index < -0.39 is 20.7 Å². The Morgan fingerprint density at radius 2 is 1.82 bits per heavy atom. The van der Waals surface area contributed by atoms with Gasteiger partial charge in [-0.25, -0.2) is 17.2 Å². The van der Waals surface area contributed by atoms with Crippen LogP contribution in [0.4, 0.5) is 8.78 Å². The van der Waals surface area contributed by atoms with E-state index in [1.807, 2.05) is 0 Å². The van der Waals surface area contributed by atoms with Crippen LogP contribution in [0.25, 0.3) is 10.4 Å². The molecule has 0 saturated heterocycles. The van der Waals surface area contributed by atoms with E-state index in [-0.39, 0.29) is 9.77 Å². The summed E-state index contributed by atoms with van der Waals surface area (Å²) in [6.07, 6.45) is 0. The first kappa shape index (κ1) is 12.5. The Hall–Kier alpha value is -0.980. The van der Waals surface area contributed by atoms with E-state index >= 15 is 0 Å². The molecule has 0 aliphatic heterocycles. The average Bonchev–Trinajstić information content (AvgIpc) is 2.65. The lowest BCUT2D eigenvalue weighted by molar-refractivity contribution is 0.586. The fraction of sp³-hybridized carbons (Fsp3) is 0. The number of rotatable bonds is 2. The van der Waals surface area contributed by atoms with Crippen LogP contribution in [-0.4, -0.2) is 8.42 Å². The quantitative estimate of drug-likeness (QED) is 0.793. The third-order valence-electron chi connectivity index (χ3n) is 2.02. The molecule has 2 rings (SSSR count). The molecule has 0 unspecified atom stereocenters. The Morgan fingerprint density at radius 3 is 2.35 bits per heavy atom. The van der Waals surface area contributed by atoms with Gasteiger partial charge in [0.05, 0.1) is 0 Å². The zero-order valence-electron chi connectivity index (χ0n) is 8.15. The third kappa shape index (κ3) is 2.65. The molecule has 1 heterocycles. The number of benzene rings is 1. The van der Waals surface area contributed by atoms with Gasteiger partial charge >= 0.3 is 0 Å². The minimum atomic E-state index is -3.82.